The van der Waals surface area contributed by atoms with Crippen LogP contribution in [0.25, 0.3) is 11.0 Å². The molecular formula is C23H28F4N4O3S. The molecule has 1 atom stereocenters. The second kappa shape index (κ2) is 10.3. The fourth-order valence-electron chi connectivity index (χ4n) is 4.96. The first kappa shape index (κ1) is 25.7. The number of rotatable bonds is 5. The van der Waals surface area contributed by atoms with Crippen LogP contribution in [0.4, 0.5) is 17.6 Å². The Morgan fingerprint density at radius 3 is 2.37 bits per heavy atom. The summed E-state index contributed by atoms with van der Waals surface area (Å²) in [6, 6.07) is 0.200. The summed E-state index contributed by atoms with van der Waals surface area (Å²) in [5.74, 6) is -1.32. The Kier molecular flexibility index (Phi) is 7.58. The van der Waals surface area contributed by atoms with Crippen molar-refractivity contribution in [3.8, 4) is 0 Å². The molecular weight excluding hydrogens is 488 g/mol. The number of nitrogens with zero attached hydrogens (tertiary/aromatic N) is 3. The molecule has 2 aromatic heterocycles. The highest BCUT2D eigenvalue weighted by Crippen LogP contribution is 2.31. The molecule has 1 saturated carbocycles. The van der Waals surface area contributed by atoms with E-state index in [9.17, 15) is 31.9 Å². The molecule has 1 aliphatic heterocycles. The van der Waals surface area contributed by atoms with Crippen LogP contribution >= 0.6 is 11.8 Å². The van der Waals surface area contributed by atoms with Crippen LogP contribution in [-0.2, 0) is 4.79 Å². The van der Waals surface area contributed by atoms with Gasteiger partial charge in [-0.2, -0.15) is 24.9 Å². The number of hydrogen-bond acceptors (Lipinski definition) is 5. The maximum absolute atomic E-state index is 14.0. The van der Waals surface area contributed by atoms with E-state index in [2.05, 4.69) is 10.3 Å². The van der Waals surface area contributed by atoms with E-state index in [0.717, 1.165) is 43.5 Å². The van der Waals surface area contributed by atoms with Crippen molar-refractivity contribution in [2.24, 2.45) is 5.92 Å². The van der Waals surface area contributed by atoms with E-state index in [1.807, 2.05) is 0 Å². The van der Waals surface area contributed by atoms with Crippen LogP contribution in [0.15, 0.2) is 21.9 Å². The van der Waals surface area contributed by atoms with Crippen LogP contribution in [0.2, 0.25) is 0 Å². The van der Waals surface area contributed by atoms with Gasteiger partial charge in [0.15, 0.2) is 0 Å². The molecule has 0 spiro atoms. The number of alkyl halides is 3. The van der Waals surface area contributed by atoms with Gasteiger partial charge in [-0.3, -0.25) is 18.7 Å². The number of pyridine rings is 1. The van der Waals surface area contributed by atoms with Gasteiger partial charge >= 0.3 is 11.9 Å². The molecule has 12 heteroatoms. The van der Waals surface area contributed by atoms with Gasteiger partial charge in [0, 0.05) is 24.5 Å². The number of thioether (sulfide) groups is 1. The zero-order chi connectivity index (χ0) is 25.3. The average molecular weight is 517 g/mol. The van der Waals surface area contributed by atoms with Gasteiger partial charge in [0.05, 0.1) is 17.5 Å². The van der Waals surface area contributed by atoms with Crippen LogP contribution < -0.4 is 16.6 Å². The average Bonchev–Trinajstić information content (AvgIpc) is 2.81. The maximum atomic E-state index is 14.0. The number of halogens is 4. The number of nitrogens with one attached hydrogen (secondary N) is 1. The lowest BCUT2D eigenvalue weighted by Gasteiger charge is -2.32. The second-order valence-electron chi connectivity index (χ2n) is 9.42. The molecule has 0 bridgehead atoms. The highest BCUT2D eigenvalue weighted by atomic mass is 32.2. The largest absolute Gasteiger partial charge is 0.392 e. The maximum Gasteiger partial charge on any atom is 0.392 e. The lowest BCUT2D eigenvalue weighted by Crippen LogP contribution is -2.46. The molecule has 1 aliphatic carbocycles. The van der Waals surface area contributed by atoms with Crippen molar-refractivity contribution < 1.29 is 22.4 Å². The normalized spacial score (nSPS) is 22.8. The predicted molar refractivity (Wildman–Crippen MR) is 125 cm³/mol. The fourth-order valence-corrected chi connectivity index (χ4v) is 6.04. The van der Waals surface area contributed by atoms with E-state index in [1.165, 1.54) is 9.13 Å². The Labute approximate surface area is 203 Å². The Bertz CT molecular complexity index is 1200. The first-order valence-corrected chi connectivity index (χ1v) is 13.0. The minimum atomic E-state index is -4.43. The van der Waals surface area contributed by atoms with E-state index < -0.39 is 47.5 Å². The second-order valence-corrected chi connectivity index (χ2v) is 10.6. The number of amides is 1. The third-order valence-corrected chi connectivity index (χ3v) is 8.00. The molecule has 7 nitrogen and oxygen atoms in total. The Balaban J connectivity index is 1.56. The molecule has 2 aromatic rings. The SMILES string of the molecule is CC(CC(=O)NC1CCC(n2c(=O)c3cc(F)cnc3n(C3CCSCC3)c2=O)CC1)C(F)(F)F. The number of fused-ring (bicyclic) bond motifs is 1. The molecule has 1 unspecified atom stereocenters. The monoisotopic (exact) mass is 516 g/mol. The molecule has 192 valence electrons. The lowest BCUT2D eigenvalue weighted by atomic mass is 9.90. The van der Waals surface area contributed by atoms with Gasteiger partial charge in [-0.1, -0.05) is 6.92 Å². The zero-order valence-electron chi connectivity index (χ0n) is 19.3. The van der Waals surface area contributed by atoms with Crippen molar-refractivity contribution in [2.45, 2.75) is 76.2 Å². The molecule has 2 aliphatic rings. The number of carbonyl (C=O) groups is 1. The summed E-state index contributed by atoms with van der Waals surface area (Å²) in [5, 5.41) is 2.71. The zero-order valence-corrected chi connectivity index (χ0v) is 20.1. The van der Waals surface area contributed by atoms with Gasteiger partial charge in [-0.15, -0.1) is 0 Å². The topological polar surface area (TPSA) is 86.0 Å². The van der Waals surface area contributed by atoms with Crippen molar-refractivity contribution in [1.29, 1.82) is 0 Å². The van der Waals surface area contributed by atoms with Crippen LogP contribution in [0.1, 0.15) is 64.0 Å². The Hall–Kier alpha value is -2.37. The van der Waals surface area contributed by atoms with E-state index in [4.69, 9.17) is 0 Å². The van der Waals surface area contributed by atoms with Crippen LogP contribution in [0.5, 0.6) is 0 Å². The number of aromatic nitrogens is 3. The van der Waals surface area contributed by atoms with Crippen molar-refractivity contribution in [3.63, 3.8) is 0 Å². The van der Waals surface area contributed by atoms with E-state index >= 15 is 0 Å². The van der Waals surface area contributed by atoms with Crippen molar-refractivity contribution >= 4 is 28.7 Å². The van der Waals surface area contributed by atoms with Crippen LogP contribution in [0.3, 0.4) is 0 Å². The van der Waals surface area contributed by atoms with E-state index in [0.29, 0.717) is 25.7 Å². The van der Waals surface area contributed by atoms with Gasteiger partial charge < -0.3 is 5.32 Å². The molecule has 1 amide bonds. The van der Waals surface area contributed by atoms with Crippen LogP contribution in [-0.4, -0.2) is 43.7 Å². The molecule has 35 heavy (non-hydrogen) atoms. The summed E-state index contributed by atoms with van der Waals surface area (Å²) in [6.07, 6.45) is -0.961. The molecule has 1 N–H and O–H groups in total. The van der Waals surface area contributed by atoms with Gasteiger partial charge in [0.2, 0.25) is 5.91 Å². The highest BCUT2D eigenvalue weighted by Gasteiger charge is 2.37. The summed E-state index contributed by atoms with van der Waals surface area (Å²) < 4.78 is 54.9. The Morgan fingerprint density at radius 1 is 1.11 bits per heavy atom. The van der Waals surface area contributed by atoms with Gasteiger partial charge in [-0.05, 0) is 56.1 Å². The molecule has 4 rings (SSSR count). The smallest absolute Gasteiger partial charge is 0.353 e. The van der Waals surface area contributed by atoms with Gasteiger partial charge in [0.1, 0.15) is 11.5 Å². The quantitative estimate of drug-likeness (QED) is 0.609. The summed E-state index contributed by atoms with van der Waals surface area (Å²) >= 11 is 1.79. The number of carbonyl (C=O) groups excluding carboxylic acids is 1. The summed E-state index contributed by atoms with van der Waals surface area (Å²) in [6.45, 7) is 0.969. The van der Waals surface area contributed by atoms with Crippen molar-refractivity contribution in [2.75, 3.05) is 11.5 Å². The lowest BCUT2D eigenvalue weighted by molar-refractivity contribution is -0.174. The third-order valence-electron chi connectivity index (χ3n) is 6.96. The summed E-state index contributed by atoms with van der Waals surface area (Å²) in [7, 11) is 0. The molecule has 3 heterocycles. The summed E-state index contributed by atoms with van der Waals surface area (Å²) in [4.78, 5) is 43.0. The molecule has 0 aromatic carbocycles. The fraction of sp³-hybridized carbons (Fsp3) is 0.652. The minimum absolute atomic E-state index is 0.0550. The molecule has 1 saturated heterocycles. The molecule has 2 fully saturated rings. The highest BCUT2D eigenvalue weighted by molar-refractivity contribution is 7.99. The minimum Gasteiger partial charge on any atom is -0.353 e. The standard InChI is InChI=1S/C23H28F4N4O3S/c1-13(23(25,26)27)10-19(32)29-15-2-4-16(5-3-15)31-21(33)18-11-14(24)12-28-20(18)30(22(31)34)17-6-8-35-9-7-17/h11-13,15-17H,2-10H2,1H3,(H,29,32). The first-order valence-electron chi connectivity index (χ1n) is 11.8. The van der Waals surface area contributed by atoms with Crippen molar-refractivity contribution in [3.05, 3.63) is 38.9 Å². The van der Waals surface area contributed by atoms with Gasteiger partial charge in [-0.25, -0.2) is 14.2 Å². The van der Waals surface area contributed by atoms with Gasteiger partial charge in [0.25, 0.3) is 5.56 Å². The number of hydrogen-bond donors (Lipinski definition) is 1. The summed E-state index contributed by atoms with van der Waals surface area (Å²) in [5.41, 5.74) is -0.871. The van der Waals surface area contributed by atoms with Crippen molar-refractivity contribution in [1.82, 2.24) is 19.4 Å². The molecule has 0 radical (unpaired) electrons. The predicted octanol–water partition coefficient (Wildman–Crippen LogP) is 3.95. The third kappa shape index (κ3) is 5.57. The van der Waals surface area contributed by atoms with Crippen LogP contribution in [0, 0.1) is 11.7 Å². The van der Waals surface area contributed by atoms with E-state index in [1.54, 1.807) is 11.8 Å². The van der Waals surface area contributed by atoms with E-state index in [-0.39, 0.29) is 23.1 Å². The Morgan fingerprint density at radius 2 is 1.74 bits per heavy atom. The first-order chi connectivity index (χ1) is 16.6.